The molecule has 0 aromatic rings. The first kappa shape index (κ1) is 10.7. The quantitative estimate of drug-likeness (QED) is 0.376. The lowest BCUT2D eigenvalue weighted by Gasteiger charge is -2.20. The van der Waals surface area contributed by atoms with Crippen LogP contribution in [0.1, 0.15) is 6.42 Å². The number of carbonyl (C=O) groups excluding carboxylic acids is 2. The Morgan fingerprint density at radius 2 is 2.29 bits per heavy atom. The van der Waals surface area contributed by atoms with Gasteiger partial charge in [0.25, 0.3) is 12.8 Å². The molecule has 14 heavy (non-hydrogen) atoms. The van der Waals surface area contributed by atoms with E-state index < -0.39 is 23.7 Å². The fraction of sp³-hybridized carbons (Fsp3) is 0.571. The molecule has 4 N–H and O–H groups in total. The molecule has 1 aliphatic heterocycles. The second-order valence-electron chi connectivity index (χ2n) is 3.31. The monoisotopic (exact) mass is 198 g/mol. The maximum Gasteiger partial charge on any atom is 0.319 e. The van der Waals surface area contributed by atoms with Gasteiger partial charge in [-0.3, -0.25) is 14.4 Å². The topological polar surface area (TPSA) is 109 Å². The van der Waals surface area contributed by atoms with Crippen molar-refractivity contribution in [2.75, 3.05) is 0 Å². The lowest BCUT2D eigenvalue weighted by Crippen LogP contribution is -2.50. The summed E-state index contributed by atoms with van der Waals surface area (Å²) >= 11 is 0. The molecule has 0 bridgehead atoms. The van der Waals surface area contributed by atoms with Gasteiger partial charge in [0.2, 0.25) is 5.78 Å². The molecule has 1 saturated heterocycles. The number of amides is 1. The third kappa shape index (κ3) is 2.56. The first-order valence-electron chi connectivity index (χ1n) is 4.32. The summed E-state index contributed by atoms with van der Waals surface area (Å²) in [4.78, 5) is 32.1. The van der Waals surface area contributed by atoms with Crippen LogP contribution in [0.15, 0.2) is 0 Å². The van der Waals surface area contributed by atoms with Crippen LogP contribution in [-0.2, 0) is 14.4 Å². The van der Waals surface area contributed by atoms with Gasteiger partial charge in [0.1, 0.15) is 0 Å². The summed E-state index contributed by atoms with van der Waals surface area (Å²) in [5.74, 6) is -2.19. The van der Waals surface area contributed by atoms with Gasteiger partial charge in [-0.15, -0.1) is 0 Å². The van der Waals surface area contributed by atoms with Crippen molar-refractivity contribution in [1.82, 2.24) is 5.23 Å². The largest absolute Gasteiger partial charge is 0.480 e. The van der Waals surface area contributed by atoms with E-state index in [1.165, 1.54) is 0 Å². The highest BCUT2D eigenvalue weighted by Crippen LogP contribution is 2.09. The third-order valence-corrected chi connectivity index (χ3v) is 2.16. The summed E-state index contributed by atoms with van der Waals surface area (Å²) in [5, 5.41) is 10.9. The Kier molecular flexibility index (Phi) is 3.24. The summed E-state index contributed by atoms with van der Waals surface area (Å²) in [6.07, 6.45) is 0.794. The van der Waals surface area contributed by atoms with Crippen molar-refractivity contribution in [2.24, 2.45) is 5.73 Å². The zero-order valence-electron chi connectivity index (χ0n) is 7.53. The van der Waals surface area contributed by atoms with Gasteiger partial charge in [0.05, 0.1) is 6.04 Å². The van der Waals surface area contributed by atoms with Gasteiger partial charge < -0.3 is 16.1 Å². The number of rotatable bonds is 3. The molecule has 0 spiro atoms. The molecular formula is C7H11BN2O4. The van der Waals surface area contributed by atoms with Crippen molar-refractivity contribution in [3.63, 3.8) is 0 Å². The standard InChI is InChI=1S/C7H11BN2O4/c9-4(7(13)14)3-8-2-1-5(11)6(12)10-8/h4H,1-3,9H2,(H,10,12)(H,13,14). The number of nitrogens with two attached hydrogens (primary N) is 1. The average molecular weight is 198 g/mol. The molecule has 0 aromatic heterocycles. The molecule has 1 aliphatic rings. The van der Waals surface area contributed by atoms with E-state index >= 15 is 0 Å². The number of aliphatic carboxylic acids is 1. The van der Waals surface area contributed by atoms with Crippen LogP contribution >= 0.6 is 0 Å². The molecule has 6 nitrogen and oxygen atoms in total. The molecule has 0 saturated carbocycles. The Morgan fingerprint density at radius 1 is 1.64 bits per heavy atom. The Balaban J connectivity index is 2.44. The van der Waals surface area contributed by atoms with Crippen LogP contribution in [0.2, 0.25) is 12.6 Å². The van der Waals surface area contributed by atoms with Gasteiger partial charge in [0.15, 0.2) is 0 Å². The van der Waals surface area contributed by atoms with Gasteiger partial charge in [-0.2, -0.15) is 0 Å². The number of carboxylic acids is 1. The van der Waals surface area contributed by atoms with Crippen molar-refractivity contribution in [3.8, 4) is 0 Å². The molecule has 1 unspecified atom stereocenters. The fourth-order valence-electron chi connectivity index (χ4n) is 1.34. The van der Waals surface area contributed by atoms with Gasteiger partial charge in [-0.1, -0.05) is 0 Å². The molecule has 1 atom stereocenters. The minimum absolute atomic E-state index is 0.161. The number of Topliss-reactive ketones (excluding diaryl/α,β-unsaturated/α-hetero) is 1. The highest BCUT2D eigenvalue weighted by Gasteiger charge is 2.31. The Labute approximate surface area is 80.9 Å². The van der Waals surface area contributed by atoms with Crippen molar-refractivity contribution in [2.45, 2.75) is 25.1 Å². The molecule has 7 heteroatoms. The molecule has 1 heterocycles. The van der Waals surface area contributed by atoms with E-state index in [1.54, 1.807) is 0 Å². The lowest BCUT2D eigenvalue weighted by molar-refractivity contribution is -0.138. The molecule has 1 rings (SSSR count). The van der Waals surface area contributed by atoms with E-state index in [0.29, 0.717) is 6.32 Å². The Morgan fingerprint density at radius 3 is 2.79 bits per heavy atom. The highest BCUT2D eigenvalue weighted by atomic mass is 16.4. The van der Waals surface area contributed by atoms with Crippen molar-refractivity contribution in [3.05, 3.63) is 0 Å². The average Bonchev–Trinajstić information content (AvgIpc) is 2.11. The van der Waals surface area contributed by atoms with Crippen LogP contribution in [0.25, 0.3) is 0 Å². The molecule has 0 aromatic carbocycles. The fourth-order valence-corrected chi connectivity index (χ4v) is 1.34. The smallest absolute Gasteiger partial charge is 0.319 e. The highest BCUT2D eigenvalue weighted by molar-refractivity contribution is 6.66. The van der Waals surface area contributed by atoms with Crippen molar-refractivity contribution in [1.29, 1.82) is 0 Å². The number of nitrogens with one attached hydrogen (secondary N) is 1. The third-order valence-electron chi connectivity index (χ3n) is 2.16. The summed E-state index contributed by atoms with van der Waals surface area (Å²) < 4.78 is 0. The SMILES string of the molecule is NC(CB1CCC(=O)C(=O)N1)C(=O)O. The Bertz CT molecular complexity index is 281. The molecule has 0 aliphatic carbocycles. The second-order valence-corrected chi connectivity index (χ2v) is 3.31. The molecular weight excluding hydrogens is 187 g/mol. The van der Waals surface area contributed by atoms with Crippen molar-refractivity contribution >= 4 is 24.5 Å². The number of hydrogen-bond donors (Lipinski definition) is 3. The minimum atomic E-state index is -1.10. The van der Waals surface area contributed by atoms with Crippen LogP contribution in [0.5, 0.6) is 0 Å². The number of ketones is 1. The number of hydrogen-bond acceptors (Lipinski definition) is 4. The lowest BCUT2D eigenvalue weighted by atomic mass is 9.52. The van der Waals surface area contributed by atoms with E-state index in [-0.39, 0.29) is 19.6 Å². The van der Waals surface area contributed by atoms with Crippen LogP contribution < -0.4 is 11.0 Å². The minimum Gasteiger partial charge on any atom is -0.480 e. The van der Waals surface area contributed by atoms with Crippen LogP contribution in [0.4, 0.5) is 0 Å². The predicted molar refractivity (Wildman–Crippen MR) is 48.7 cm³/mol. The van der Waals surface area contributed by atoms with Gasteiger partial charge in [-0.25, -0.2) is 0 Å². The van der Waals surface area contributed by atoms with E-state index in [1.807, 2.05) is 0 Å². The van der Waals surface area contributed by atoms with E-state index in [2.05, 4.69) is 5.23 Å². The zero-order chi connectivity index (χ0) is 10.7. The number of carboxylic acid groups (broad SMARTS) is 1. The van der Waals surface area contributed by atoms with Crippen LogP contribution in [0, 0.1) is 0 Å². The maximum absolute atomic E-state index is 10.9. The maximum atomic E-state index is 10.9. The molecule has 1 amide bonds. The summed E-state index contributed by atoms with van der Waals surface area (Å²) in [5.41, 5.74) is 5.29. The second kappa shape index (κ2) is 4.23. The summed E-state index contributed by atoms with van der Waals surface area (Å²) in [7, 11) is 0. The van der Waals surface area contributed by atoms with Gasteiger partial charge in [0, 0.05) is 6.42 Å². The first-order valence-corrected chi connectivity index (χ1v) is 4.32. The van der Waals surface area contributed by atoms with E-state index in [4.69, 9.17) is 10.8 Å². The van der Waals surface area contributed by atoms with Crippen LogP contribution in [-0.4, -0.2) is 35.7 Å². The first-order chi connectivity index (χ1) is 6.50. The Hall–Kier alpha value is -1.37. The van der Waals surface area contributed by atoms with E-state index in [0.717, 1.165) is 0 Å². The van der Waals surface area contributed by atoms with Crippen molar-refractivity contribution < 1.29 is 19.5 Å². The summed E-state index contributed by atoms with van der Waals surface area (Å²) in [6, 6.07) is -0.992. The van der Waals surface area contributed by atoms with Gasteiger partial charge >= 0.3 is 5.97 Å². The molecule has 76 valence electrons. The zero-order valence-corrected chi connectivity index (χ0v) is 7.53. The van der Waals surface area contributed by atoms with Crippen LogP contribution in [0.3, 0.4) is 0 Å². The van der Waals surface area contributed by atoms with Gasteiger partial charge in [-0.05, 0) is 12.6 Å². The predicted octanol–water partition coefficient (Wildman–Crippen LogP) is -1.52. The normalized spacial score (nSPS) is 19.1. The summed E-state index contributed by atoms with van der Waals surface area (Å²) in [6.45, 7) is -0.300. The van der Waals surface area contributed by atoms with E-state index in [9.17, 15) is 14.4 Å². The molecule has 1 fully saturated rings. The molecule has 0 radical (unpaired) electrons. The number of carbonyl (C=O) groups is 3.